The summed E-state index contributed by atoms with van der Waals surface area (Å²) >= 11 is 0. The fourth-order valence-electron chi connectivity index (χ4n) is 1.79. The lowest BCUT2D eigenvalue weighted by molar-refractivity contribution is 0.0794. The van der Waals surface area contributed by atoms with Gasteiger partial charge in [0, 0.05) is 30.9 Å². The fourth-order valence-corrected chi connectivity index (χ4v) is 1.79. The number of hydrogen-bond acceptors (Lipinski definition) is 3. The number of aliphatic hydroxyl groups is 1. The average molecular weight is 225 g/mol. The molecule has 4 nitrogen and oxygen atoms in total. The van der Waals surface area contributed by atoms with Crippen LogP contribution in [-0.4, -0.2) is 27.0 Å². The van der Waals surface area contributed by atoms with E-state index in [4.69, 9.17) is 0 Å². The highest BCUT2D eigenvalue weighted by atomic mass is 16.3. The molecule has 16 heavy (non-hydrogen) atoms. The van der Waals surface area contributed by atoms with Crippen LogP contribution in [0.3, 0.4) is 0 Å². The number of nitrogens with zero attached hydrogens (tertiary/aromatic N) is 2. The van der Waals surface area contributed by atoms with E-state index in [1.165, 1.54) is 11.3 Å². The Bertz CT molecular complexity index is 350. The Morgan fingerprint density at radius 2 is 2.00 bits per heavy atom. The molecule has 2 N–H and O–H groups in total. The molecule has 0 aliphatic carbocycles. The third kappa shape index (κ3) is 3.32. The van der Waals surface area contributed by atoms with E-state index in [1.807, 2.05) is 11.6 Å². The Morgan fingerprint density at radius 3 is 2.44 bits per heavy atom. The molecule has 0 radical (unpaired) electrons. The minimum Gasteiger partial charge on any atom is -0.389 e. The number of hydrogen-bond donors (Lipinski definition) is 2. The minimum absolute atomic E-state index is 0.586. The molecule has 0 saturated carbocycles. The lowest BCUT2D eigenvalue weighted by Gasteiger charge is -2.17. The standard InChI is InChI=1S/C12H23N3O/c1-6-15-10(3)11(9(2)14-15)7-13-8-12(4,5)16/h13,16H,6-8H2,1-5H3. The third-order valence-electron chi connectivity index (χ3n) is 2.69. The maximum Gasteiger partial charge on any atom is 0.0715 e. The van der Waals surface area contributed by atoms with Crippen molar-refractivity contribution < 1.29 is 5.11 Å². The van der Waals surface area contributed by atoms with E-state index in [0.717, 1.165) is 18.8 Å². The van der Waals surface area contributed by atoms with Gasteiger partial charge in [-0.05, 0) is 34.6 Å². The highest BCUT2D eigenvalue weighted by Gasteiger charge is 2.14. The molecule has 0 unspecified atom stereocenters. The molecule has 92 valence electrons. The van der Waals surface area contributed by atoms with Gasteiger partial charge in [0.15, 0.2) is 0 Å². The average Bonchev–Trinajstić information content (AvgIpc) is 2.42. The molecule has 1 rings (SSSR count). The van der Waals surface area contributed by atoms with E-state index in [2.05, 4.69) is 24.3 Å². The zero-order valence-electron chi connectivity index (χ0n) is 11.0. The highest BCUT2D eigenvalue weighted by molar-refractivity contribution is 5.24. The Morgan fingerprint density at radius 1 is 1.38 bits per heavy atom. The zero-order valence-corrected chi connectivity index (χ0v) is 11.0. The summed E-state index contributed by atoms with van der Waals surface area (Å²) < 4.78 is 2.01. The second kappa shape index (κ2) is 4.97. The van der Waals surface area contributed by atoms with Gasteiger partial charge in [0.25, 0.3) is 0 Å². The molecule has 0 spiro atoms. The monoisotopic (exact) mass is 225 g/mol. The van der Waals surface area contributed by atoms with Crippen LogP contribution < -0.4 is 5.32 Å². The molecule has 1 aromatic rings. The maximum atomic E-state index is 9.60. The van der Waals surface area contributed by atoms with Crippen LogP contribution in [0, 0.1) is 13.8 Å². The van der Waals surface area contributed by atoms with Gasteiger partial charge in [0.1, 0.15) is 0 Å². The molecule has 1 heterocycles. The second-order valence-corrected chi connectivity index (χ2v) is 4.88. The first kappa shape index (κ1) is 13.2. The highest BCUT2D eigenvalue weighted by Crippen LogP contribution is 2.12. The van der Waals surface area contributed by atoms with Crippen molar-refractivity contribution in [3.63, 3.8) is 0 Å². The van der Waals surface area contributed by atoms with Crippen molar-refractivity contribution in [3.05, 3.63) is 17.0 Å². The van der Waals surface area contributed by atoms with Crippen molar-refractivity contribution in [2.45, 2.75) is 53.3 Å². The molecule has 0 aliphatic rings. The van der Waals surface area contributed by atoms with Gasteiger partial charge in [-0.1, -0.05) is 0 Å². The van der Waals surface area contributed by atoms with E-state index in [1.54, 1.807) is 13.8 Å². The summed E-state index contributed by atoms with van der Waals surface area (Å²) in [5.74, 6) is 0. The van der Waals surface area contributed by atoms with Crippen molar-refractivity contribution in [1.29, 1.82) is 0 Å². The first-order valence-electron chi connectivity index (χ1n) is 5.81. The van der Waals surface area contributed by atoms with Gasteiger partial charge in [-0.15, -0.1) is 0 Å². The Hall–Kier alpha value is -0.870. The summed E-state index contributed by atoms with van der Waals surface area (Å²) in [5, 5.41) is 17.3. The minimum atomic E-state index is -0.664. The molecule has 0 bridgehead atoms. The van der Waals surface area contributed by atoms with Crippen LogP contribution in [-0.2, 0) is 13.1 Å². The van der Waals surface area contributed by atoms with Gasteiger partial charge in [-0.3, -0.25) is 4.68 Å². The van der Waals surface area contributed by atoms with E-state index < -0.39 is 5.60 Å². The van der Waals surface area contributed by atoms with Crippen molar-refractivity contribution >= 4 is 0 Å². The van der Waals surface area contributed by atoms with E-state index in [-0.39, 0.29) is 0 Å². The van der Waals surface area contributed by atoms with Gasteiger partial charge in [-0.2, -0.15) is 5.10 Å². The van der Waals surface area contributed by atoms with Crippen LogP contribution in [0.15, 0.2) is 0 Å². The largest absolute Gasteiger partial charge is 0.389 e. The summed E-state index contributed by atoms with van der Waals surface area (Å²) in [6.45, 7) is 12.1. The molecule has 0 atom stereocenters. The molecule has 0 aliphatic heterocycles. The van der Waals surface area contributed by atoms with Crippen molar-refractivity contribution in [2.75, 3.05) is 6.54 Å². The van der Waals surface area contributed by atoms with Crippen LogP contribution in [0.2, 0.25) is 0 Å². The molecule has 4 heteroatoms. The van der Waals surface area contributed by atoms with Crippen molar-refractivity contribution in [1.82, 2.24) is 15.1 Å². The summed E-state index contributed by atoms with van der Waals surface area (Å²) in [4.78, 5) is 0. The van der Waals surface area contributed by atoms with E-state index in [9.17, 15) is 5.11 Å². The molecule has 0 amide bonds. The fraction of sp³-hybridized carbons (Fsp3) is 0.750. The Labute approximate surface area is 97.7 Å². The van der Waals surface area contributed by atoms with Crippen LogP contribution in [0.25, 0.3) is 0 Å². The number of aryl methyl sites for hydroxylation is 2. The van der Waals surface area contributed by atoms with Gasteiger partial charge < -0.3 is 10.4 Å². The van der Waals surface area contributed by atoms with Gasteiger partial charge in [-0.25, -0.2) is 0 Å². The first-order chi connectivity index (χ1) is 7.35. The molecular weight excluding hydrogens is 202 g/mol. The normalized spacial score (nSPS) is 12.1. The number of rotatable bonds is 5. The van der Waals surface area contributed by atoms with Crippen LogP contribution in [0.5, 0.6) is 0 Å². The lowest BCUT2D eigenvalue weighted by atomic mass is 10.1. The molecule has 0 saturated heterocycles. The molecule has 1 aromatic heterocycles. The van der Waals surface area contributed by atoms with Crippen LogP contribution >= 0.6 is 0 Å². The van der Waals surface area contributed by atoms with Gasteiger partial charge >= 0.3 is 0 Å². The van der Waals surface area contributed by atoms with Gasteiger partial charge in [0.2, 0.25) is 0 Å². The molecular formula is C12H23N3O. The Balaban J connectivity index is 2.64. The molecule has 0 fully saturated rings. The SMILES string of the molecule is CCn1nc(C)c(CNCC(C)(C)O)c1C. The summed E-state index contributed by atoms with van der Waals surface area (Å²) in [7, 11) is 0. The van der Waals surface area contributed by atoms with Crippen LogP contribution in [0.4, 0.5) is 0 Å². The summed E-state index contributed by atoms with van der Waals surface area (Å²) in [5.41, 5.74) is 2.86. The van der Waals surface area contributed by atoms with E-state index in [0.29, 0.717) is 6.54 Å². The smallest absolute Gasteiger partial charge is 0.0715 e. The topological polar surface area (TPSA) is 50.1 Å². The lowest BCUT2D eigenvalue weighted by Crippen LogP contribution is -2.34. The predicted octanol–water partition coefficient (Wildman–Crippen LogP) is 1.38. The quantitative estimate of drug-likeness (QED) is 0.796. The predicted molar refractivity (Wildman–Crippen MR) is 65.4 cm³/mol. The van der Waals surface area contributed by atoms with Gasteiger partial charge in [0.05, 0.1) is 11.3 Å². The van der Waals surface area contributed by atoms with Crippen molar-refractivity contribution in [3.8, 4) is 0 Å². The first-order valence-corrected chi connectivity index (χ1v) is 5.81. The van der Waals surface area contributed by atoms with E-state index >= 15 is 0 Å². The number of nitrogens with one attached hydrogen (secondary N) is 1. The maximum absolute atomic E-state index is 9.60. The number of aromatic nitrogens is 2. The van der Waals surface area contributed by atoms with Crippen molar-refractivity contribution in [2.24, 2.45) is 0 Å². The third-order valence-corrected chi connectivity index (χ3v) is 2.69. The second-order valence-electron chi connectivity index (χ2n) is 4.88. The summed E-state index contributed by atoms with van der Waals surface area (Å²) in [6, 6.07) is 0. The Kier molecular flexibility index (Phi) is 4.10. The van der Waals surface area contributed by atoms with Crippen LogP contribution in [0.1, 0.15) is 37.7 Å². The molecule has 0 aromatic carbocycles. The summed E-state index contributed by atoms with van der Waals surface area (Å²) in [6.07, 6.45) is 0. The zero-order chi connectivity index (χ0) is 12.3.